The SMILES string of the molecule is CC(C)c1cc(Oc2c(Cl)cc(NC(=O)c3ccccc3)cc2Cl)n[nH]c1=O. The molecule has 0 aliphatic rings. The number of halogens is 2. The molecule has 0 atom stereocenters. The van der Waals surface area contributed by atoms with Gasteiger partial charge in [-0.2, -0.15) is 0 Å². The van der Waals surface area contributed by atoms with Crippen molar-refractivity contribution >= 4 is 34.8 Å². The Bertz CT molecular complexity index is 1040. The van der Waals surface area contributed by atoms with Crippen molar-refractivity contribution in [2.24, 2.45) is 0 Å². The summed E-state index contributed by atoms with van der Waals surface area (Å²) in [6.07, 6.45) is 0. The summed E-state index contributed by atoms with van der Waals surface area (Å²) in [4.78, 5) is 24.1. The average Bonchev–Trinajstić information content (AvgIpc) is 2.66. The Morgan fingerprint density at radius 1 is 1.11 bits per heavy atom. The Hall–Kier alpha value is -2.83. The molecule has 1 aromatic heterocycles. The summed E-state index contributed by atoms with van der Waals surface area (Å²) < 4.78 is 5.67. The molecule has 0 unspecified atom stereocenters. The first kappa shape index (κ1) is 19.9. The highest BCUT2D eigenvalue weighted by Crippen LogP contribution is 2.38. The summed E-state index contributed by atoms with van der Waals surface area (Å²) in [6, 6.07) is 13.4. The molecular weight excluding hydrogens is 401 g/mol. The molecule has 0 fully saturated rings. The van der Waals surface area contributed by atoms with Gasteiger partial charge in [0, 0.05) is 22.9 Å². The minimum atomic E-state index is -0.287. The number of carbonyl (C=O) groups is 1. The normalized spacial score (nSPS) is 10.8. The monoisotopic (exact) mass is 417 g/mol. The van der Waals surface area contributed by atoms with E-state index in [1.807, 2.05) is 19.9 Å². The highest BCUT2D eigenvalue weighted by atomic mass is 35.5. The minimum absolute atomic E-state index is 0.00406. The minimum Gasteiger partial charge on any atom is -0.434 e. The first-order valence-electron chi connectivity index (χ1n) is 8.48. The van der Waals surface area contributed by atoms with Gasteiger partial charge in [0.2, 0.25) is 5.88 Å². The van der Waals surface area contributed by atoms with E-state index in [9.17, 15) is 9.59 Å². The Labute approximate surface area is 171 Å². The zero-order valence-corrected chi connectivity index (χ0v) is 16.6. The maximum absolute atomic E-state index is 12.3. The van der Waals surface area contributed by atoms with Crippen molar-refractivity contribution in [1.29, 1.82) is 0 Å². The second-order valence-electron chi connectivity index (χ2n) is 6.34. The highest BCUT2D eigenvalue weighted by molar-refractivity contribution is 6.37. The van der Waals surface area contributed by atoms with Crippen molar-refractivity contribution in [2.75, 3.05) is 5.32 Å². The molecule has 8 heteroatoms. The second-order valence-corrected chi connectivity index (χ2v) is 7.15. The third-order valence-corrected chi connectivity index (χ3v) is 4.49. The molecule has 0 saturated carbocycles. The lowest BCUT2D eigenvalue weighted by atomic mass is 10.1. The van der Waals surface area contributed by atoms with Crippen LogP contribution >= 0.6 is 23.2 Å². The summed E-state index contributed by atoms with van der Waals surface area (Å²) in [5.74, 6) is 0.0457. The lowest BCUT2D eigenvalue weighted by Crippen LogP contribution is -2.15. The van der Waals surface area contributed by atoms with Crippen LogP contribution in [0.1, 0.15) is 35.7 Å². The van der Waals surface area contributed by atoms with E-state index in [1.165, 1.54) is 12.1 Å². The molecule has 28 heavy (non-hydrogen) atoms. The molecule has 0 aliphatic carbocycles. The van der Waals surface area contributed by atoms with Gasteiger partial charge in [0.25, 0.3) is 11.5 Å². The molecule has 3 rings (SSSR count). The van der Waals surface area contributed by atoms with Gasteiger partial charge in [0.05, 0.1) is 10.0 Å². The van der Waals surface area contributed by atoms with Crippen LogP contribution in [0.2, 0.25) is 10.0 Å². The van der Waals surface area contributed by atoms with Crippen molar-refractivity contribution in [1.82, 2.24) is 10.2 Å². The van der Waals surface area contributed by atoms with Crippen LogP contribution in [0.3, 0.4) is 0 Å². The van der Waals surface area contributed by atoms with Gasteiger partial charge in [-0.15, -0.1) is 5.10 Å². The van der Waals surface area contributed by atoms with Gasteiger partial charge in [0.15, 0.2) is 5.75 Å². The van der Waals surface area contributed by atoms with Crippen LogP contribution < -0.4 is 15.6 Å². The zero-order valence-electron chi connectivity index (χ0n) is 15.1. The van der Waals surface area contributed by atoms with E-state index in [1.54, 1.807) is 30.3 Å². The van der Waals surface area contributed by atoms with Crippen molar-refractivity contribution in [3.8, 4) is 11.6 Å². The first-order valence-corrected chi connectivity index (χ1v) is 9.23. The topological polar surface area (TPSA) is 84.1 Å². The number of aromatic amines is 1. The highest BCUT2D eigenvalue weighted by Gasteiger charge is 2.15. The molecule has 1 heterocycles. The number of anilines is 1. The summed E-state index contributed by atoms with van der Waals surface area (Å²) >= 11 is 12.6. The van der Waals surface area contributed by atoms with Gasteiger partial charge in [-0.05, 0) is 30.2 Å². The van der Waals surface area contributed by atoms with E-state index in [4.69, 9.17) is 27.9 Å². The number of aromatic nitrogens is 2. The van der Waals surface area contributed by atoms with E-state index in [0.29, 0.717) is 16.8 Å². The van der Waals surface area contributed by atoms with Crippen LogP contribution in [-0.2, 0) is 0 Å². The van der Waals surface area contributed by atoms with E-state index >= 15 is 0 Å². The second kappa shape index (κ2) is 8.46. The van der Waals surface area contributed by atoms with Crippen LogP contribution in [0.25, 0.3) is 0 Å². The standard InChI is InChI=1S/C20H17Cl2N3O3/c1-11(2)14-10-17(24-25-20(14)27)28-18-15(21)8-13(9-16(18)22)23-19(26)12-6-4-3-5-7-12/h3-11H,1-2H3,(H,23,26)(H,25,27). The third kappa shape index (κ3) is 4.52. The quantitative estimate of drug-likeness (QED) is 0.593. The largest absolute Gasteiger partial charge is 0.434 e. The fourth-order valence-corrected chi connectivity index (χ4v) is 3.07. The van der Waals surface area contributed by atoms with Crippen molar-refractivity contribution < 1.29 is 9.53 Å². The van der Waals surface area contributed by atoms with Crippen LogP contribution in [-0.4, -0.2) is 16.1 Å². The Morgan fingerprint density at radius 2 is 1.75 bits per heavy atom. The summed E-state index contributed by atoms with van der Waals surface area (Å²) in [5.41, 5.74) is 1.18. The summed E-state index contributed by atoms with van der Waals surface area (Å²) in [7, 11) is 0. The number of amides is 1. The number of rotatable bonds is 5. The van der Waals surface area contributed by atoms with E-state index < -0.39 is 0 Å². The van der Waals surface area contributed by atoms with Crippen LogP contribution in [0, 0.1) is 0 Å². The van der Waals surface area contributed by atoms with Crippen molar-refractivity contribution in [3.05, 3.63) is 80.1 Å². The van der Waals surface area contributed by atoms with Gasteiger partial charge in [-0.1, -0.05) is 55.2 Å². The van der Waals surface area contributed by atoms with Crippen LogP contribution in [0.4, 0.5) is 5.69 Å². The summed E-state index contributed by atoms with van der Waals surface area (Å²) in [5, 5.41) is 9.37. The molecule has 0 spiro atoms. The lowest BCUT2D eigenvalue weighted by Gasteiger charge is -2.12. The summed E-state index contributed by atoms with van der Waals surface area (Å²) in [6.45, 7) is 3.77. The Morgan fingerprint density at radius 3 is 2.36 bits per heavy atom. The van der Waals surface area contributed by atoms with Crippen LogP contribution in [0.15, 0.2) is 53.3 Å². The Kier molecular flexibility index (Phi) is 6.02. The average molecular weight is 418 g/mol. The molecule has 0 aliphatic heterocycles. The fraction of sp³-hybridized carbons (Fsp3) is 0.150. The van der Waals surface area contributed by atoms with Crippen molar-refractivity contribution in [2.45, 2.75) is 19.8 Å². The van der Waals surface area contributed by atoms with Gasteiger partial charge in [-0.3, -0.25) is 9.59 Å². The number of ether oxygens (including phenoxy) is 1. The smallest absolute Gasteiger partial charge is 0.267 e. The number of H-pyrrole nitrogens is 1. The fourth-order valence-electron chi connectivity index (χ4n) is 2.51. The molecule has 6 nitrogen and oxygen atoms in total. The van der Waals surface area contributed by atoms with Crippen LogP contribution in [0.5, 0.6) is 11.6 Å². The number of nitrogens with one attached hydrogen (secondary N) is 2. The van der Waals surface area contributed by atoms with Gasteiger partial charge in [-0.25, -0.2) is 5.10 Å². The molecule has 0 radical (unpaired) electrons. The molecular formula is C20H17Cl2N3O3. The number of carbonyl (C=O) groups excluding carboxylic acids is 1. The number of hydrogen-bond acceptors (Lipinski definition) is 4. The molecule has 2 N–H and O–H groups in total. The van der Waals surface area contributed by atoms with E-state index in [2.05, 4.69) is 15.5 Å². The van der Waals surface area contributed by atoms with Gasteiger partial charge in [0.1, 0.15) is 0 Å². The number of hydrogen-bond donors (Lipinski definition) is 2. The zero-order chi connectivity index (χ0) is 20.3. The number of nitrogens with zero attached hydrogens (tertiary/aromatic N) is 1. The van der Waals surface area contributed by atoms with E-state index in [0.717, 1.165) is 0 Å². The van der Waals surface area contributed by atoms with Gasteiger partial charge >= 0.3 is 0 Å². The predicted molar refractivity (Wildman–Crippen MR) is 110 cm³/mol. The van der Waals surface area contributed by atoms with E-state index in [-0.39, 0.29) is 39.1 Å². The van der Waals surface area contributed by atoms with Gasteiger partial charge < -0.3 is 10.1 Å². The molecule has 0 bridgehead atoms. The number of benzene rings is 2. The first-order chi connectivity index (χ1) is 13.3. The molecule has 1 amide bonds. The maximum Gasteiger partial charge on any atom is 0.267 e. The molecule has 3 aromatic rings. The lowest BCUT2D eigenvalue weighted by molar-refractivity contribution is 0.102. The Balaban J connectivity index is 1.84. The molecule has 2 aromatic carbocycles. The predicted octanol–water partition coefficient (Wildman–Crippen LogP) is 5.24. The molecule has 144 valence electrons. The maximum atomic E-state index is 12.3. The molecule has 0 saturated heterocycles. The van der Waals surface area contributed by atoms with Crippen molar-refractivity contribution in [3.63, 3.8) is 0 Å². The third-order valence-electron chi connectivity index (χ3n) is 3.93.